The number of likely N-dealkylation sites (tertiary alicyclic amines) is 1. The van der Waals surface area contributed by atoms with Crippen molar-refractivity contribution in [2.45, 2.75) is 101 Å². The number of aromatic nitrogens is 1. The molecule has 4 heterocycles. The quantitative estimate of drug-likeness (QED) is 0.335. The van der Waals surface area contributed by atoms with Crippen molar-refractivity contribution >= 4 is 34.5 Å². The third-order valence-electron chi connectivity index (χ3n) is 11.7. The summed E-state index contributed by atoms with van der Waals surface area (Å²) in [5.41, 5.74) is 7.16. The number of hydrogen-bond donors (Lipinski definition) is 2. The minimum Gasteiger partial charge on any atom is -0.497 e. The third kappa shape index (κ3) is 7.59. The average Bonchev–Trinajstić information content (AvgIpc) is 3.70. The number of carbonyl (C=O) groups excluding carboxylic acids is 4. The van der Waals surface area contributed by atoms with Crippen LogP contribution < -0.4 is 20.5 Å². The summed E-state index contributed by atoms with van der Waals surface area (Å²) in [7, 11) is 1.61. The smallest absolute Gasteiger partial charge is 0.243 e. The van der Waals surface area contributed by atoms with Gasteiger partial charge >= 0.3 is 0 Å². The molecular formula is C41H51N5O6. The number of hydrogen-bond acceptors (Lipinski definition) is 7. The first-order valence-electron chi connectivity index (χ1n) is 19.2. The highest BCUT2D eigenvalue weighted by Crippen LogP contribution is 2.47. The number of pyridine rings is 1. The van der Waals surface area contributed by atoms with Crippen LogP contribution in [0.25, 0.3) is 22.2 Å². The lowest BCUT2D eigenvalue weighted by molar-refractivity contribution is -0.145. The second-order valence-corrected chi connectivity index (χ2v) is 15.2. The Hall–Kier alpha value is -4.67. The van der Waals surface area contributed by atoms with E-state index in [-0.39, 0.29) is 37.1 Å². The highest BCUT2D eigenvalue weighted by atomic mass is 16.5. The topological polar surface area (TPSA) is 144 Å². The van der Waals surface area contributed by atoms with Gasteiger partial charge in [-0.05, 0) is 56.6 Å². The summed E-state index contributed by atoms with van der Waals surface area (Å²) in [6, 6.07) is 16.5. The van der Waals surface area contributed by atoms with Gasteiger partial charge in [0.1, 0.15) is 29.2 Å². The van der Waals surface area contributed by atoms with E-state index in [0.29, 0.717) is 29.9 Å². The van der Waals surface area contributed by atoms with Crippen molar-refractivity contribution in [2.24, 2.45) is 17.6 Å². The Labute approximate surface area is 305 Å². The molecule has 2 aromatic carbocycles. The third-order valence-corrected chi connectivity index (χ3v) is 11.7. The van der Waals surface area contributed by atoms with E-state index in [4.69, 9.17) is 20.2 Å². The molecule has 4 fully saturated rings. The monoisotopic (exact) mass is 709 g/mol. The van der Waals surface area contributed by atoms with Crippen LogP contribution in [0.5, 0.6) is 11.5 Å². The van der Waals surface area contributed by atoms with Gasteiger partial charge in [-0.25, -0.2) is 4.98 Å². The summed E-state index contributed by atoms with van der Waals surface area (Å²) in [5.74, 6) is -0.445. The first-order chi connectivity index (χ1) is 25.3. The van der Waals surface area contributed by atoms with Crippen molar-refractivity contribution in [1.82, 2.24) is 20.1 Å². The predicted molar refractivity (Wildman–Crippen MR) is 197 cm³/mol. The number of nitrogens with zero attached hydrogens (tertiary/aromatic N) is 3. The Bertz CT molecular complexity index is 1790. The molecule has 3 aromatic rings. The molecule has 7 rings (SSSR count). The van der Waals surface area contributed by atoms with Gasteiger partial charge in [-0.2, -0.15) is 0 Å². The van der Waals surface area contributed by atoms with Gasteiger partial charge in [0.15, 0.2) is 0 Å². The zero-order valence-corrected chi connectivity index (χ0v) is 30.2. The lowest BCUT2D eigenvalue weighted by Gasteiger charge is -2.31. The Morgan fingerprint density at radius 1 is 0.942 bits per heavy atom. The second-order valence-electron chi connectivity index (χ2n) is 15.2. The highest BCUT2D eigenvalue weighted by Gasteiger charge is 2.60. The molecule has 3 saturated heterocycles. The van der Waals surface area contributed by atoms with Gasteiger partial charge in [0.25, 0.3) is 0 Å². The van der Waals surface area contributed by atoms with Crippen LogP contribution in [0.4, 0.5) is 0 Å². The van der Waals surface area contributed by atoms with Crippen LogP contribution in [0.3, 0.4) is 0 Å². The van der Waals surface area contributed by atoms with Gasteiger partial charge in [-0.1, -0.05) is 62.4 Å². The molecule has 0 spiro atoms. The number of piperidine rings is 1. The maximum Gasteiger partial charge on any atom is 0.243 e. The summed E-state index contributed by atoms with van der Waals surface area (Å²) in [6.07, 6.45) is 9.56. The zero-order chi connectivity index (χ0) is 36.2. The lowest BCUT2D eigenvalue weighted by atomic mass is 9.94. The van der Waals surface area contributed by atoms with E-state index in [0.717, 1.165) is 87.5 Å². The average molecular weight is 710 g/mol. The Morgan fingerprint density at radius 3 is 2.42 bits per heavy atom. The molecule has 0 unspecified atom stereocenters. The molecule has 0 bridgehead atoms. The summed E-state index contributed by atoms with van der Waals surface area (Å²) >= 11 is 0. The first kappa shape index (κ1) is 35.7. The second kappa shape index (κ2) is 15.5. The number of nitrogens with one attached hydrogen (secondary N) is 1. The van der Waals surface area contributed by atoms with Crippen molar-refractivity contribution in [3.63, 3.8) is 0 Å². The van der Waals surface area contributed by atoms with E-state index < -0.39 is 35.4 Å². The number of fused-ring (bicyclic) bond motifs is 3. The van der Waals surface area contributed by atoms with Crippen LogP contribution in [0.15, 0.2) is 54.6 Å². The number of methoxy groups -OCH3 is 1. The molecule has 11 heteroatoms. The molecular weight excluding hydrogens is 658 g/mol. The molecule has 1 saturated carbocycles. The Morgan fingerprint density at radius 2 is 1.67 bits per heavy atom. The summed E-state index contributed by atoms with van der Waals surface area (Å²) in [4.78, 5) is 63.7. The maximum absolute atomic E-state index is 14.7. The van der Waals surface area contributed by atoms with Gasteiger partial charge in [0, 0.05) is 54.9 Å². The van der Waals surface area contributed by atoms with E-state index in [2.05, 4.69) is 5.32 Å². The highest BCUT2D eigenvalue weighted by molar-refractivity contribution is 5.97. The van der Waals surface area contributed by atoms with Crippen molar-refractivity contribution < 1.29 is 28.7 Å². The standard InChI is InChI=1S/C41H51N5O6/c1-51-30-17-18-32-34(22-30)43-33(27-13-8-5-9-14-27)24-36(32)52-31-23-35-38(48)44-41(40(42)50)25-29(41)16-10-4-2-3-7-15-28(39(49)46(35)26-31)21-37(47)45-19-11-6-12-20-45/h5,8-9,13-14,17-18,22,24,28-29,31,35H,2-4,6-7,10-12,15-16,19-21,23,25-26H2,1H3,(H2,42,50)(H,44,48)/t28-,29-,31-,35+,41-/m1/s1. The normalized spacial score (nSPS) is 27.1. The maximum atomic E-state index is 14.7. The SMILES string of the molecule is COc1ccc2c(O[C@@H]3C[C@H]4C(=O)N[C@]5(C(N)=O)C[C@H]5CCCCCCC[C@H](CC(=O)N5CCCCC5)C(=O)N4C3)cc(-c3ccccc3)nc2c1. The van der Waals surface area contributed by atoms with E-state index in [1.54, 1.807) is 12.0 Å². The number of primary amides is 1. The minimum atomic E-state index is -1.10. The molecule has 11 nitrogen and oxygen atoms in total. The Kier molecular flexibility index (Phi) is 10.7. The van der Waals surface area contributed by atoms with Crippen molar-refractivity contribution in [2.75, 3.05) is 26.7 Å². The molecule has 3 N–H and O–H groups in total. The number of rotatable bonds is 7. The molecule has 52 heavy (non-hydrogen) atoms. The van der Waals surface area contributed by atoms with Crippen molar-refractivity contribution in [1.29, 1.82) is 0 Å². The lowest BCUT2D eigenvalue weighted by Crippen LogP contribution is -2.55. The number of amides is 4. The molecule has 1 aromatic heterocycles. The van der Waals surface area contributed by atoms with Gasteiger partial charge in [-0.3, -0.25) is 19.2 Å². The largest absolute Gasteiger partial charge is 0.497 e. The fraction of sp³-hybridized carbons (Fsp3) is 0.537. The number of ether oxygens (including phenoxy) is 2. The van der Waals surface area contributed by atoms with E-state index >= 15 is 0 Å². The van der Waals surface area contributed by atoms with Crippen LogP contribution in [0.2, 0.25) is 0 Å². The van der Waals surface area contributed by atoms with Gasteiger partial charge in [-0.15, -0.1) is 0 Å². The van der Waals surface area contributed by atoms with Crippen LogP contribution >= 0.6 is 0 Å². The van der Waals surface area contributed by atoms with Crippen LogP contribution in [-0.4, -0.2) is 82.8 Å². The molecule has 1 aliphatic carbocycles. The fourth-order valence-corrected chi connectivity index (χ4v) is 8.55. The fourth-order valence-electron chi connectivity index (χ4n) is 8.55. The molecule has 4 amide bonds. The summed E-state index contributed by atoms with van der Waals surface area (Å²) in [6.45, 7) is 1.61. The summed E-state index contributed by atoms with van der Waals surface area (Å²) < 4.78 is 12.3. The number of nitrogens with two attached hydrogens (primary N) is 1. The molecule has 3 aliphatic heterocycles. The molecule has 0 radical (unpaired) electrons. The van der Waals surface area contributed by atoms with E-state index in [9.17, 15) is 19.2 Å². The summed E-state index contributed by atoms with van der Waals surface area (Å²) in [5, 5.41) is 3.81. The van der Waals surface area contributed by atoms with E-state index in [1.165, 1.54) is 0 Å². The molecule has 276 valence electrons. The molecule has 5 atom stereocenters. The number of benzene rings is 2. The number of carbonyl (C=O) groups is 4. The Balaban J connectivity index is 1.21. The van der Waals surface area contributed by atoms with Crippen molar-refractivity contribution in [3.05, 3.63) is 54.6 Å². The van der Waals surface area contributed by atoms with Gasteiger partial charge in [0.05, 0.1) is 24.9 Å². The van der Waals surface area contributed by atoms with E-state index in [1.807, 2.05) is 59.5 Å². The first-order valence-corrected chi connectivity index (χ1v) is 19.2. The zero-order valence-electron chi connectivity index (χ0n) is 30.2. The van der Waals surface area contributed by atoms with Crippen LogP contribution in [0, 0.1) is 11.8 Å². The van der Waals surface area contributed by atoms with Gasteiger partial charge in [0.2, 0.25) is 23.6 Å². The van der Waals surface area contributed by atoms with Crippen molar-refractivity contribution in [3.8, 4) is 22.8 Å². The minimum absolute atomic E-state index is 0.00425. The van der Waals surface area contributed by atoms with Crippen LogP contribution in [-0.2, 0) is 19.2 Å². The van der Waals surface area contributed by atoms with Gasteiger partial charge < -0.3 is 30.3 Å². The van der Waals surface area contributed by atoms with Crippen LogP contribution in [0.1, 0.15) is 83.5 Å². The molecule has 4 aliphatic rings. The predicted octanol–water partition coefficient (Wildman–Crippen LogP) is 5.38.